The zero-order chi connectivity index (χ0) is 20.4. The van der Waals surface area contributed by atoms with Gasteiger partial charge in [0.1, 0.15) is 5.75 Å². The van der Waals surface area contributed by atoms with Crippen molar-refractivity contribution in [2.45, 2.75) is 19.9 Å². The lowest BCUT2D eigenvalue weighted by Gasteiger charge is -2.14. The largest absolute Gasteiger partial charge is 0.497 e. The molecule has 0 atom stereocenters. The number of aliphatic carboxylic acids is 1. The molecule has 4 heteroatoms. The molecule has 1 aromatic heterocycles. The van der Waals surface area contributed by atoms with Gasteiger partial charge in [-0.2, -0.15) is 0 Å². The minimum Gasteiger partial charge on any atom is -0.497 e. The quantitative estimate of drug-likeness (QED) is 0.490. The Morgan fingerprint density at radius 3 is 2.45 bits per heavy atom. The second-order valence-electron chi connectivity index (χ2n) is 7.13. The summed E-state index contributed by atoms with van der Waals surface area (Å²) in [5.41, 5.74) is 6.37. The first-order valence-electron chi connectivity index (χ1n) is 9.59. The second-order valence-corrected chi connectivity index (χ2v) is 7.13. The smallest absolute Gasteiger partial charge is 0.307 e. The molecule has 0 unspecified atom stereocenters. The van der Waals surface area contributed by atoms with Crippen LogP contribution in [0.5, 0.6) is 5.75 Å². The molecule has 0 bridgehead atoms. The molecular formula is C25H23NO3. The monoisotopic (exact) mass is 385 g/mol. The van der Waals surface area contributed by atoms with Crippen molar-refractivity contribution in [1.82, 2.24) is 4.57 Å². The Hall–Kier alpha value is -3.53. The second kappa shape index (κ2) is 7.84. The van der Waals surface area contributed by atoms with Crippen LogP contribution in [0.4, 0.5) is 0 Å². The summed E-state index contributed by atoms with van der Waals surface area (Å²) >= 11 is 0. The van der Waals surface area contributed by atoms with Gasteiger partial charge in [-0.3, -0.25) is 4.79 Å². The molecule has 4 aromatic rings. The Labute approximate surface area is 170 Å². The van der Waals surface area contributed by atoms with E-state index in [9.17, 15) is 9.90 Å². The third-order valence-corrected chi connectivity index (χ3v) is 5.42. The van der Waals surface area contributed by atoms with Crippen molar-refractivity contribution in [3.63, 3.8) is 0 Å². The van der Waals surface area contributed by atoms with E-state index in [1.807, 2.05) is 55.5 Å². The number of nitrogens with zero attached hydrogens (tertiary/aromatic N) is 1. The van der Waals surface area contributed by atoms with Gasteiger partial charge in [0.05, 0.1) is 13.5 Å². The molecule has 0 aliphatic heterocycles. The number of methoxy groups -OCH3 is 1. The third kappa shape index (κ3) is 3.61. The summed E-state index contributed by atoms with van der Waals surface area (Å²) in [6, 6.07) is 24.5. The van der Waals surface area contributed by atoms with Crippen LogP contribution in [0.25, 0.3) is 22.0 Å². The number of carboxylic acids is 1. The maximum atomic E-state index is 11.5. The molecule has 0 saturated heterocycles. The van der Waals surface area contributed by atoms with Gasteiger partial charge in [-0.25, -0.2) is 0 Å². The average molecular weight is 385 g/mol. The van der Waals surface area contributed by atoms with Crippen molar-refractivity contribution in [1.29, 1.82) is 0 Å². The minimum absolute atomic E-state index is 0.0111. The third-order valence-electron chi connectivity index (χ3n) is 5.42. The van der Waals surface area contributed by atoms with E-state index in [0.717, 1.165) is 27.9 Å². The fourth-order valence-electron chi connectivity index (χ4n) is 3.96. The maximum absolute atomic E-state index is 11.5. The van der Waals surface area contributed by atoms with Gasteiger partial charge in [-0.05, 0) is 47.4 Å². The number of fused-ring (bicyclic) bond motifs is 1. The van der Waals surface area contributed by atoms with E-state index in [4.69, 9.17) is 4.74 Å². The first-order chi connectivity index (χ1) is 14.1. The Balaban J connectivity index is 1.86. The summed E-state index contributed by atoms with van der Waals surface area (Å²) in [5.74, 6) is -0.106. The molecule has 1 N–H and O–H groups in total. The number of carboxylic acid groups (broad SMARTS) is 1. The van der Waals surface area contributed by atoms with Crippen molar-refractivity contribution >= 4 is 16.9 Å². The fourth-order valence-corrected chi connectivity index (χ4v) is 3.96. The summed E-state index contributed by atoms with van der Waals surface area (Å²) in [4.78, 5) is 11.5. The molecule has 146 valence electrons. The van der Waals surface area contributed by atoms with Gasteiger partial charge >= 0.3 is 5.97 Å². The molecule has 0 fully saturated rings. The SMILES string of the molecule is COc1ccc2c(c1)c(CC(=O)O)c(C)n2Cc1ccccc1-c1ccccc1. The highest BCUT2D eigenvalue weighted by atomic mass is 16.5. The van der Waals surface area contributed by atoms with Crippen molar-refractivity contribution in [3.05, 3.63) is 89.6 Å². The summed E-state index contributed by atoms with van der Waals surface area (Å²) < 4.78 is 7.57. The van der Waals surface area contributed by atoms with Crippen LogP contribution in [0.2, 0.25) is 0 Å². The number of hydrogen-bond donors (Lipinski definition) is 1. The normalized spacial score (nSPS) is 11.0. The van der Waals surface area contributed by atoms with Crippen LogP contribution in [0.15, 0.2) is 72.8 Å². The van der Waals surface area contributed by atoms with Crippen LogP contribution in [0, 0.1) is 6.92 Å². The van der Waals surface area contributed by atoms with Crippen molar-refractivity contribution in [3.8, 4) is 16.9 Å². The van der Waals surface area contributed by atoms with Crippen LogP contribution < -0.4 is 4.74 Å². The summed E-state index contributed by atoms with van der Waals surface area (Å²) in [7, 11) is 1.62. The molecule has 3 aromatic carbocycles. The van der Waals surface area contributed by atoms with E-state index >= 15 is 0 Å². The molecule has 0 aliphatic carbocycles. The summed E-state index contributed by atoms with van der Waals surface area (Å²) in [6.07, 6.45) is -0.0111. The molecule has 0 amide bonds. The highest BCUT2D eigenvalue weighted by Gasteiger charge is 2.18. The number of hydrogen-bond acceptors (Lipinski definition) is 2. The van der Waals surface area contributed by atoms with Crippen molar-refractivity contribution in [2.75, 3.05) is 7.11 Å². The Kier molecular flexibility index (Phi) is 5.09. The lowest BCUT2D eigenvalue weighted by molar-refractivity contribution is -0.136. The van der Waals surface area contributed by atoms with Gasteiger partial charge in [0.25, 0.3) is 0 Å². The number of aromatic nitrogens is 1. The van der Waals surface area contributed by atoms with Crippen LogP contribution >= 0.6 is 0 Å². The standard InChI is InChI=1S/C25H23NO3/c1-17-22(15-25(27)28)23-14-20(29-2)12-13-24(23)26(17)16-19-10-6-7-11-21(19)18-8-4-3-5-9-18/h3-14H,15-16H2,1-2H3,(H,27,28). The minimum atomic E-state index is -0.834. The van der Waals surface area contributed by atoms with Crippen molar-refractivity contribution in [2.24, 2.45) is 0 Å². The molecule has 29 heavy (non-hydrogen) atoms. The van der Waals surface area contributed by atoms with Gasteiger partial charge in [0.15, 0.2) is 0 Å². The molecular weight excluding hydrogens is 362 g/mol. The summed E-state index contributed by atoms with van der Waals surface area (Å²) in [5, 5.41) is 10.4. The van der Waals surface area contributed by atoms with E-state index in [-0.39, 0.29) is 6.42 Å². The zero-order valence-corrected chi connectivity index (χ0v) is 16.6. The highest BCUT2D eigenvalue weighted by molar-refractivity contribution is 5.90. The van der Waals surface area contributed by atoms with E-state index in [2.05, 4.69) is 28.8 Å². The molecule has 0 spiro atoms. The molecule has 4 nitrogen and oxygen atoms in total. The van der Waals surface area contributed by atoms with Gasteiger partial charge in [0.2, 0.25) is 0 Å². The molecule has 1 heterocycles. The Morgan fingerprint density at radius 1 is 1.00 bits per heavy atom. The predicted molar refractivity (Wildman–Crippen MR) is 116 cm³/mol. The van der Waals surface area contributed by atoms with Crippen LogP contribution in [0.3, 0.4) is 0 Å². The first-order valence-corrected chi connectivity index (χ1v) is 9.59. The molecule has 0 aliphatic rings. The van der Waals surface area contributed by atoms with Gasteiger partial charge in [-0.15, -0.1) is 0 Å². The maximum Gasteiger partial charge on any atom is 0.307 e. The number of carbonyl (C=O) groups is 1. The van der Waals surface area contributed by atoms with Crippen LogP contribution in [-0.2, 0) is 17.8 Å². The lowest BCUT2D eigenvalue weighted by atomic mass is 9.99. The van der Waals surface area contributed by atoms with E-state index in [1.165, 1.54) is 16.7 Å². The zero-order valence-electron chi connectivity index (χ0n) is 16.6. The predicted octanol–water partition coefficient (Wildman–Crippen LogP) is 5.30. The molecule has 0 radical (unpaired) electrons. The molecule has 4 rings (SSSR count). The first kappa shape index (κ1) is 18.8. The average Bonchev–Trinajstić information content (AvgIpc) is 2.99. The Bertz CT molecular complexity index is 1180. The number of ether oxygens (including phenoxy) is 1. The topological polar surface area (TPSA) is 51.5 Å². The van der Waals surface area contributed by atoms with Crippen molar-refractivity contribution < 1.29 is 14.6 Å². The molecule has 0 saturated carbocycles. The van der Waals surface area contributed by atoms with E-state index < -0.39 is 5.97 Å². The fraction of sp³-hybridized carbons (Fsp3) is 0.160. The van der Waals surface area contributed by atoms with Gasteiger partial charge in [0, 0.05) is 23.1 Å². The van der Waals surface area contributed by atoms with Gasteiger partial charge < -0.3 is 14.4 Å². The van der Waals surface area contributed by atoms with E-state index in [0.29, 0.717) is 6.54 Å². The van der Waals surface area contributed by atoms with Crippen LogP contribution in [0.1, 0.15) is 16.8 Å². The number of rotatable bonds is 6. The summed E-state index contributed by atoms with van der Waals surface area (Å²) in [6.45, 7) is 2.66. The Morgan fingerprint density at radius 2 is 1.72 bits per heavy atom. The lowest BCUT2D eigenvalue weighted by Crippen LogP contribution is -2.06. The number of benzene rings is 3. The van der Waals surface area contributed by atoms with Crippen LogP contribution in [-0.4, -0.2) is 22.8 Å². The highest BCUT2D eigenvalue weighted by Crippen LogP contribution is 2.32. The van der Waals surface area contributed by atoms with Gasteiger partial charge in [-0.1, -0.05) is 54.6 Å². The van der Waals surface area contributed by atoms with E-state index in [1.54, 1.807) is 7.11 Å².